The SMILES string of the molecule is Cn1nnnc1SCC(=O)Nc1cc(S(=O)(=O)N2CCCCCC2)ccc1Cl. The lowest BCUT2D eigenvalue weighted by molar-refractivity contribution is -0.113. The molecule has 1 aromatic carbocycles. The van der Waals surface area contributed by atoms with E-state index in [1.54, 1.807) is 7.05 Å². The number of nitrogens with zero attached hydrogens (tertiary/aromatic N) is 5. The fraction of sp³-hybridized carbons (Fsp3) is 0.500. The molecule has 1 fully saturated rings. The molecule has 0 saturated carbocycles. The number of aryl methyl sites for hydroxylation is 1. The number of tetrazole rings is 1. The molecule has 1 N–H and O–H groups in total. The third-order valence-corrected chi connectivity index (χ3v) is 7.56. The van der Waals surface area contributed by atoms with Crippen molar-refractivity contribution in [2.75, 3.05) is 24.2 Å². The van der Waals surface area contributed by atoms with Crippen molar-refractivity contribution in [2.24, 2.45) is 7.05 Å². The Labute approximate surface area is 172 Å². The Morgan fingerprint density at radius 3 is 2.61 bits per heavy atom. The Morgan fingerprint density at radius 1 is 1.25 bits per heavy atom. The van der Waals surface area contributed by atoms with Crippen molar-refractivity contribution in [1.82, 2.24) is 24.5 Å². The highest BCUT2D eigenvalue weighted by molar-refractivity contribution is 7.99. The minimum atomic E-state index is -3.63. The number of carbonyl (C=O) groups excluding carboxylic acids is 1. The van der Waals surface area contributed by atoms with Crippen LogP contribution >= 0.6 is 23.4 Å². The molecular formula is C16H21ClN6O3S2. The Kier molecular flexibility index (Phi) is 6.91. The highest BCUT2D eigenvalue weighted by Gasteiger charge is 2.26. The summed E-state index contributed by atoms with van der Waals surface area (Å²) >= 11 is 7.33. The van der Waals surface area contributed by atoms with E-state index in [-0.39, 0.29) is 27.3 Å². The molecule has 0 atom stereocenters. The predicted molar refractivity (Wildman–Crippen MR) is 107 cm³/mol. The van der Waals surface area contributed by atoms with Crippen molar-refractivity contribution in [3.8, 4) is 0 Å². The summed E-state index contributed by atoms with van der Waals surface area (Å²) < 4.78 is 28.9. The van der Waals surface area contributed by atoms with E-state index in [1.165, 1.54) is 38.9 Å². The van der Waals surface area contributed by atoms with Crippen LogP contribution in [0.25, 0.3) is 0 Å². The van der Waals surface area contributed by atoms with E-state index in [9.17, 15) is 13.2 Å². The zero-order chi connectivity index (χ0) is 20.1. The van der Waals surface area contributed by atoms with Crippen LogP contribution in [0, 0.1) is 0 Å². The van der Waals surface area contributed by atoms with Crippen LogP contribution in [0.15, 0.2) is 28.3 Å². The first-order valence-corrected chi connectivity index (χ1v) is 11.6. The quantitative estimate of drug-likeness (QED) is 0.679. The van der Waals surface area contributed by atoms with Crippen LogP contribution in [0.2, 0.25) is 5.02 Å². The Bertz CT molecular complexity index is 942. The zero-order valence-corrected chi connectivity index (χ0v) is 17.7. The number of sulfonamides is 1. The Hall–Kier alpha value is -1.69. The van der Waals surface area contributed by atoms with Gasteiger partial charge < -0.3 is 5.32 Å². The van der Waals surface area contributed by atoms with Gasteiger partial charge in [-0.05, 0) is 41.5 Å². The minimum absolute atomic E-state index is 0.0631. The number of carbonyl (C=O) groups is 1. The van der Waals surface area contributed by atoms with Crippen molar-refractivity contribution in [3.63, 3.8) is 0 Å². The summed E-state index contributed by atoms with van der Waals surface area (Å²) in [6, 6.07) is 4.37. The molecule has 0 unspecified atom stereocenters. The molecule has 1 aromatic heterocycles. The molecule has 0 aliphatic carbocycles. The summed E-state index contributed by atoms with van der Waals surface area (Å²) in [7, 11) is -1.95. The van der Waals surface area contributed by atoms with Crippen molar-refractivity contribution < 1.29 is 13.2 Å². The molecular weight excluding hydrogens is 424 g/mol. The smallest absolute Gasteiger partial charge is 0.243 e. The van der Waals surface area contributed by atoms with Gasteiger partial charge >= 0.3 is 0 Å². The fourth-order valence-corrected chi connectivity index (χ4v) is 5.21. The second-order valence-electron chi connectivity index (χ2n) is 6.38. The maximum atomic E-state index is 12.9. The highest BCUT2D eigenvalue weighted by Crippen LogP contribution is 2.28. The molecule has 0 radical (unpaired) electrons. The van der Waals surface area contributed by atoms with Gasteiger partial charge in [-0.15, -0.1) is 5.10 Å². The topological polar surface area (TPSA) is 110 Å². The molecule has 9 nitrogen and oxygen atoms in total. The second-order valence-corrected chi connectivity index (χ2v) is 9.67. The van der Waals surface area contributed by atoms with Gasteiger partial charge in [0.05, 0.1) is 21.4 Å². The number of aromatic nitrogens is 4. The number of halogens is 1. The van der Waals surface area contributed by atoms with E-state index in [0.717, 1.165) is 25.7 Å². The van der Waals surface area contributed by atoms with E-state index in [0.29, 0.717) is 18.2 Å². The highest BCUT2D eigenvalue weighted by atomic mass is 35.5. The van der Waals surface area contributed by atoms with Gasteiger partial charge in [0.25, 0.3) is 0 Å². The largest absolute Gasteiger partial charge is 0.324 e. The first-order chi connectivity index (χ1) is 13.4. The maximum absolute atomic E-state index is 12.9. The normalized spacial score (nSPS) is 15.9. The summed E-state index contributed by atoms with van der Waals surface area (Å²) in [6.07, 6.45) is 3.77. The summed E-state index contributed by atoms with van der Waals surface area (Å²) in [4.78, 5) is 12.4. The molecule has 2 aromatic rings. The van der Waals surface area contributed by atoms with Gasteiger partial charge in [-0.25, -0.2) is 13.1 Å². The summed E-state index contributed by atoms with van der Waals surface area (Å²) in [6.45, 7) is 1.02. The lowest BCUT2D eigenvalue weighted by atomic mass is 10.2. The molecule has 28 heavy (non-hydrogen) atoms. The minimum Gasteiger partial charge on any atom is -0.324 e. The molecule has 1 aliphatic rings. The molecule has 12 heteroatoms. The van der Waals surface area contributed by atoms with E-state index in [2.05, 4.69) is 20.8 Å². The van der Waals surface area contributed by atoms with Crippen LogP contribution in [0.1, 0.15) is 25.7 Å². The number of anilines is 1. The average molecular weight is 445 g/mol. The molecule has 2 heterocycles. The third-order valence-electron chi connectivity index (χ3n) is 4.33. The monoisotopic (exact) mass is 444 g/mol. The zero-order valence-electron chi connectivity index (χ0n) is 15.3. The number of benzene rings is 1. The van der Waals surface area contributed by atoms with Crippen LogP contribution in [0.3, 0.4) is 0 Å². The lowest BCUT2D eigenvalue weighted by Gasteiger charge is -2.20. The summed E-state index contributed by atoms with van der Waals surface area (Å²) in [5, 5.41) is 14.4. The van der Waals surface area contributed by atoms with Crippen LogP contribution in [-0.2, 0) is 21.9 Å². The van der Waals surface area contributed by atoms with Gasteiger partial charge in [0.15, 0.2) is 0 Å². The number of hydrogen-bond acceptors (Lipinski definition) is 7. The molecule has 0 spiro atoms. The van der Waals surface area contributed by atoms with Gasteiger partial charge in [0.2, 0.25) is 21.1 Å². The Balaban J connectivity index is 1.71. The average Bonchev–Trinajstić information content (AvgIpc) is 2.90. The second kappa shape index (κ2) is 9.21. The van der Waals surface area contributed by atoms with E-state index in [4.69, 9.17) is 11.6 Å². The molecule has 0 bridgehead atoms. The number of amides is 1. The fourth-order valence-electron chi connectivity index (χ4n) is 2.85. The van der Waals surface area contributed by atoms with Crippen molar-refractivity contribution in [1.29, 1.82) is 0 Å². The van der Waals surface area contributed by atoms with E-state index < -0.39 is 10.0 Å². The van der Waals surface area contributed by atoms with Crippen LogP contribution in [0.4, 0.5) is 5.69 Å². The molecule has 152 valence electrons. The molecule has 1 amide bonds. The van der Waals surface area contributed by atoms with Gasteiger partial charge in [0.1, 0.15) is 0 Å². The maximum Gasteiger partial charge on any atom is 0.243 e. The van der Waals surface area contributed by atoms with Crippen LogP contribution in [0.5, 0.6) is 0 Å². The lowest BCUT2D eigenvalue weighted by Crippen LogP contribution is -2.32. The number of nitrogens with one attached hydrogen (secondary N) is 1. The van der Waals surface area contributed by atoms with Crippen molar-refractivity contribution in [3.05, 3.63) is 23.2 Å². The summed E-state index contributed by atoms with van der Waals surface area (Å²) in [5.74, 6) is -0.271. The summed E-state index contributed by atoms with van der Waals surface area (Å²) in [5.41, 5.74) is 0.263. The Morgan fingerprint density at radius 2 is 1.96 bits per heavy atom. The van der Waals surface area contributed by atoms with Crippen molar-refractivity contribution in [2.45, 2.75) is 35.7 Å². The number of thioether (sulfide) groups is 1. The van der Waals surface area contributed by atoms with Crippen LogP contribution in [-0.4, -0.2) is 57.7 Å². The van der Waals surface area contributed by atoms with E-state index in [1.807, 2.05) is 0 Å². The van der Waals surface area contributed by atoms with Gasteiger partial charge in [-0.1, -0.05) is 36.2 Å². The molecule has 3 rings (SSSR count). The number of hydrogen-bond donors (Lipinski definition) is 1. The first kappa shape index (κ1) is 21.0. The van der Waals surface area contributed by atoms with Gasteiger partial charge in [0, 0.05) is 20.1 Å². The van der Waals surface area contributed by atoms with E-state index >= 15 is 0 Å². The molecule has 1 saturated heterocycles. The van der Waals surface area contributed by atoms with Gasteiger partial charge in [-0.2, -0.15) is 4.31 Å². The van der Waals surface area contributed by atoms with Crippen LogP contribution < -0.4 is 5.32 Å². The first-order valence-electron chi connectivity index (χ1n) is 8.82. The standard InChI is InChI=1S/C16H21ClN6O3S2/c1-22-16(19-20-21-22)27-11-15(24)18-14-10-12(6-7-13(14)17)28(25,26)23-8-4-2-3-5-9-23/h6-7,10H,2-5,8-9,11H2,1H3,(H,18,24). The van der Waals surface area contributed by atoms with Gasteiger partial charge in [-0.3, -0.25) is 4.79 Å². The third kappa shape index (κ3) is 5.02. The number of rotatable bonds is 6. The molecule has 1 aliphatic heterocycles. The predicted octanol–water partition coefficient (Wildman–Crippen LogP) is 2.16. The van der Waals surface area contributed by atoms with Crippen molar-refractivity contribution >= 4 is 45.0 Å².